The van der Waals surface area contributed by atoms with Crippen LogP contribution < -0.4 is 5.48 Å². The van der Waals surface area contributed by atoms with Crippen molar-refractivity contribution in [3.8, 4) is 0 Å². The predicted octanol–water partition coefficient (Wildman–Crippen LogP) is -1.16. The first-order valence-corrected chi connectivity index (χ1v) is 7.63. The fraction of sp³-hybridized carbons (Fsp3) is 0.800. The lowest BCUT2D eigenvalue weighted by molar-refractivity contribution is -0.135. The third-order valence-electron chi connectivity index (χ3n) is 3.20. The molecule has 2 aliphatic heterocycles. The first-order valence-electron chi connectivity index (χ1n) is 5.92. The first-order chi connectivity index (χ1) is 8.50. The van der Waals surface area contributed by atoms with E-state index in [-0.39, 0.29) is 18.3 Å². The topological polar surface area (TPSA) is 92.8 Å². The standard InChI is InChI=1S/C10H16N2O5S/c13-9-2-1-4-12(9)5-6-17-11-10(14)8-3-7-18(8,15)16/h8H,1-7H2,(H,11,14). The number of carbonyl (C=O) groups excluding carboxylic acids is 2. The number of hydrogen-bond acceptors (Lipinski definition) is 5. The summed E-state index contributed by atoms with van der Waals surface area (Å²) in [5.74, 6) is -0.464. The van der Waals surface area contributed by atoms with E-state index in [1.807, 2.05) is 0 Å². The molecule has 0 radical (unpaired) electrons. The number of hydrogen-bond donors (Lipinski definition) is 1. The smallest absolute Gasteiger partial charge is 0.261 e. The van der Waals surface area contributed by atoms with Gasteiger partial charge in [-0.3, -0.25) is 14.4 Å². The molecular weight excluding hydrogens is 260 g/mol. The molecule has 102 valence electrons. The Bertz CT molecular complexity index is 447. The quantitative estimate of drug-likeness (QED) is 0.505. The van der Waals surface area contributed by atoms with Crippen LogP contribution in [0.5, 0.6) is 0 Å². The van der Waals surface area contributed by atoms with Gasteiger partial charge in [0.2, 0.25) is 5.91 Å². The summed E-state index contributed by atoms with van der Waals surface area (Å²) < 4.78 is 22.4. The molecule has 0 aliphatic carbocycles. The fourth-order valence-corrected chi connectivity index (χ4v) is 3.24. The zero-order chi connectivity index (χ0) is 13.2. The van der Waals surface area contributed by atoms with Crippen LogP contribution in [0.3, 0.4) is 0 Å². The Morgan fingerprint density at radius 1 is 1.50 bits per heavy atom. The summed E-state index contributed by atoms with van der Waals surface area (Å²) in [4.78, 5) is 29.2. The fourth-order valence-electron chi connectivity index (χ4n) is 2.01. The molecule has 0 spiro atoms. The number of rotatable bonds is 5. The van der Waals surface area contributed by atoms with E-state index < -0.39 is 21.0 Å². The van der Waals surface area contributed by atoms with Gasteiger partial charge < -0.3 is 4.90 Å². The molecule has 2 fully saturated rings. The minimum atomic E-state index is -3.24. The van der Waals surface area contributed by atoms with Gasteiger partial charge in [0.25, 0.3) is 5.91 Å². The normalized spacial score (nSPS) is 25.9. The molecule has 2 rings (SSSR count). The zero-order valence-electron chi connectivity index (χ0n) is 9.92. The van der Waals surface area contributed by atoms with E-state index in [1.54, 1.807) is 4.90 Å². The SMILES string of the molecule is O=C(NOCCN1CCCC1=O)C1CCS1(=O)=O. The van der Waals surface area contributed by atoms with E-state index in [0.717, 1.165) is 6.42 Å². The Balaban J connectivity index is 1.64. The molecule has 2 heterocycles. The van der Waals surface area contributed by atoms with Crippen LogP contribution in [0.15, 0.2) is 0 Å². The number of amides is 2. The van der Waals surface area contributed by atoms with E-state index in [4.69, 9.17) is 4.84 Å². The van der Waals surface area contributed by atoms with E-state index >= 15 is 0 Å². The molecule has 0 bridgehead atoms. The second kappa shape index (κ2) is 5.23. The monoisotopic (exact) mass is 276 g/mol. The Hall–Kier alpha value is -1.15. The third-order valence-corrected chi connectivity index (χ3v) is 5.32. The predicted molar refractivity (Wildman–Crippen MR) is 62.1 cm³/mol. The van der Waals surface area contributed by atoms with Crippen LogP contribution in [0.1, 0.15) is 19.3 Å². The lowest BCUT2D eigenvalue weighted by Crippen LogP contribution is -2.48. The average Bonchev–Trinajstić information content (AvgIpc) is 2.69. The van der Waals surface area contributed by atoms with Gasteiger partial charge in [-0.2, -0.15) is 0 Å². The minimum Gasteiger partial charge on any atom is -0.340 e. The summed E-state index contributed by atoms with van der Waals surface area (Å²) in [5, 5.41) is -0.967. The van der Waals surface area contributed by atoms with Crippen molar-refractivity contribution in [3.05, 3.63) is 0 Å². The molecule has 2 saturated heterocycles. The minimum absolute atomic E-state index is 0.0629. The molecule has 18 heavy (non-hydrogen) atoms. The Morgan fingerprint density at radius 3 is 2.78 bits per heavy atom. The molecule has 0 aromatic rings. The van der Waals surface area contributed by atoms with Gasteiger partial charge in [0, 0.05) is 19.5 Å². The van der Waals surface area contributed by atoms with Crippen molar-refractivity contribution in [3.63, 3.8) is 0 Å². The number of hydroxylamine groups is 1. The second-order valence-corrected chi connectivity index (χ2v) is 6.75. The van der Waals surface area contributed by atoms with Crippen molar-refractivity contribution in [1.82, 2.24) is 10.4 Å². The summed E-state index contributed by atoms with van der Waals surface area (Å²) in [6.45, 7) is 1.30. The Labute approximate surface area is 105 Å². The zero-order valence-corrected chi connectivity index (χ0v) is 10.7. The summed E-state index contributed by atoms with van der Waals surface area (Å²) in [6, 6.07) is 0. The van der Waals surface area contributed by atoms with Gasteiger partial charge in [-0.1, -0.05) is 0 Å². The van der Waals surface area contributed by atoms with Gasteiger partial charge in [-0.05, 0) is 12.8 Å². The highest BCUT2D eigenvalue weighted by atomic mass is 32.2. The largest absolute Gasteiger partial charge is 0.340 e. The maximum Gasteiger partial charge on any atom is 0.261 e. The van der Waals surface area contributed by atoms with Gasteiger partial charge in [0.05, 0.1) is 12.4 Å². The Morgan fingerprint density at radius 2 is 2.28 bits per heavy atom. The molecule has 2 amide bonds. The van der Waals surface area contributed by atoms with E-state index in [9.17, 15) is 18.0 Å². The van der Waals surface area contributed by atoms with Crippen LogP contribution in [0.25, 0.3) is 0 Å². The van der Waals surface area contributed by atoms with Gasteiger partial charge in [-0.25, -0.2) is 13.9 Å². The first kappa shape index (κ1) is 13.3. The van der Waals surface area contributed by atoms with Crippen molar-refractivity contribution in [2.45, 2.75) is 24.5 Å². The van der Waals surface area contributed by atoms with Crippen LogP contribution in [0, 0.1) is 0 Å². The van der Waals surface area contributed by atoms with Crippen molar-refractivity contribution in [1.29, 1.82) is 0 Å². The number of nitrogens with zero attached hydrogens (tertiary/aromatic N) is 1. The second-order valence-electron chi connectivity index (χ2n) is 4.44. The van der Waals surface area contributed by atoms with Crippen LogP contribution in [-0.2, 0) is 24.3 Å². The third kappa shape index (κ3) is 2.81. The highest BCUT2D eigenvalue weighted by Crippen LogP contribution is 2.20. The van der Waals surface area contributed by atoms with Crippen LogP contribution >= 0.6 is 0 Å². The summed E-state index contributed by atoms with van der Waals surface area (Å²) in [6.07, 6.45) is 1.76. The molecule has 2 aliphatic rings. The number of nitrogens with one attached hydrogen (secondary N) is 1. The van der Waals surface area contributed by atoms with Crippen LogP contribution in [0.4, 0.5) is 0 Å². The molecule has 7 nitrogen and oxygen atoms in total. The lowest BCUT2D eigenvalue weighted by Gasteiger charge is -2.24. The maximum atomic E-state index is 11.4. The lowest BCUT2D eigenvalue weighted by atomic mass is 10.3. The summed E-state index contributed by atoms with van der Waals surface area (Å²) in [5.41, 5.74) is 2.12. The molecular formula is C10H16N2O5S. The van der Waals surface area contributed by atoms with E-state index in [1.165, 1.54) is 0 Å². The molecule has 1 unspecified atom stereocenters. The maximum absolute atomic E-state index is 11.4. The van der Waals surface area contributed by atoms with Gasteiger partial charge in [0.15, 0.2) is 9.84 Å². The average molecular weight is 276 g/mol. The van der Waals surface area contributed by atoms with Crippen LogP contribution in [0.2, 0.25) is 0 Å². The molecule has 8 heteroatoms. The molecule has 1 atom stereocenters. The highest BCUT2D eigenvalue weighted by molar-refractivity contribution is 7.94. The number of sulfone groups is 1. The van der Waals surface area contributed by atoms with Crippen molar-refractivity contribution >= 4 is 21.7 Å². The molecule has 0 aromatic carbocycles. The van der Waals surface area contributed by atoms with E-state index in [2.05, 4.69) is 5.48 Å². The molecule has 0 aromatic heterocycles. The van der Waals surface area contributed by atoms with Gasteiger partial charge in [-0.15, -0.1) is 0 Å². The van der Waals surface area contributed by atoms with Gasteiger partial charge >= 0.3 is 0 Å². The van der Waals surface area contributed by atoms with Gasteiger partial charge in [0.1, 0.15) is 5.25 Å². The van der Waals surface area contributed by atoms with Crippen LogP contribution in [-0.4, -0.2) is 55.8 Å². The van der Waals surface area contributed by atoms with E-state index in [0.29, 0.717) is 25.9 Å². The van der Waals surface area contributed by atoms with Crippen molar-refractivity contribution < 1.29 is 22.8 Å². The number of likely N-dealkylation sites (tertiary alicyclic amines) is 1. The Kier molecular flexibility index (Phi) is 3.86. The summed E-state index contributed by atoms with van der Waals surface area (Å²) >= 11 is 0. The van der Waals surface area contributed by atoms with Crippen molar-refractivity contribution in [2.75, 3.05) is 25.4 Å². The summed E-state index contributed by atoms with van der Waals surface area (Å²) in [7, 11) is -3.24. The van der Waals surface area contributed by atoms with Crippen molar-refractivity contribution in [2.24, 2.45) is 0 Å². The molecule has 0 saturated carbocycles. The highest BCUT2D eigenvalue weighted by Gasteiger charge is 2.41. The molecule has 1 N–H and O–H groups in total. The number of carbonyl (C=O) groups is 2.